The summed E-state index contributed by atoms with van der Waals surface area (Å²) in [4.78, 5) is 24.9. The minimum Gasteiger partial charge on any atom is -0.487 e. The molecule has 0 saturated carbocycles. The van der Waals surface area contributed by atoms with Gasteiger partial charge in [-0.3, -0.25) is 9.36 Å². The molecule has 0 aliphatic carbocycles. The molecule has 4 aromatic rings. The van der Waals surface area contributed by atoms with Crippen molar-refractivity contribution in [3.8, 4) is 17.2 Å². The molecule has 2 heterocycles. The number of alkyl halides is 6. The molecule has 2 aromatic carbocycles. The maximum absolute atomic E-state index is 13.1. The minimum absolute atomic E-state index is 0.0128. The number of fused-ring (bicyclic) bond motifs is 1. The van der Waals surface area contributed by atoms with Gasteiger partial charge in [-0.25, -0.2) is 9.36 Å². The molecule has 4 rings (SSSR count). The number of benzene rings is 2. The second kappa shape index (κ2) is 8.76. The standard InChI is InChI=1S/C21H13F6N3O4S/c1-29-17(20(22,23)24)9-18(31)30(19(29)32)11-5-6-16-14(7-11)15(28-35-16)10-33-12-3-2-4-13(8-12)34-21(25,26)27/h2-9H,10H2,1H3. The lowest BCUT2D eigenvalue weighted by atomic mass is 10.2. The van der Waals surface area contributed by atoms with E-state index in [2.05, 4.69) is 9.11 Å². The van der Waals surface area contributed by atoms with Crippen molar-refractivity contribution in [3.05, 3.63) is 80.8 Å². The molecule has 0 bridgehead atoms. The second-order valence-corrected chi connectivity index (χ2v) is 7.97. The molecule has 14 heteroatoms. The zero-order valence-electron chi connectivity index (χ0n) is 17.5. The summed E-state index contributed by atoms with van der Waals surface area (Å²) in [5, 5.41) is 0.448. The third-order valence-corrected chi connectivity index (χ3v) is 5.68. The molecule has 0 N–H and O–H groups in total. The van der Waals surface area contributed by atoms with Crippen molar-refractivity contribution in [2.75, 3.05) is 0 Å². The van der Waals surface area contributed by atoms with Crippen LogP contribution in [0.25, 0.3) is 15.8 Å². The molecule has 0 fully saturated rings. The van der Waals surface area contributed by atoms with E-state index in [1.807, 2.05) is 0 Å². The zero-order valence-corrected chi connectivity index (χ0v) is 18.3. The first-order chi connectivity index (χ1) is 16.3. The molecule has 0 aliphatic rings. The van der Waals surface area contributed by atoms with Crippen LogP contribution in [0.2, 0.25) is 0 Å². The van der Waals surface area contributed by atoms with Crippen LogP contribution in [0.4, 0.5) is 26.3 Å². The summed E-state index contributed by atoms with van der Waals surface area (Å²) in [6.45, 7) is -0.182. The fourth-order valence-electron chi connectivity index (χ4n) is 3.27. The summed E-state index contributed by atoms with van der Waals surface area (Å²) in [6, 6.07) is 9.52. The quantitative estimate of drug-likeness (QED) is 0.361. The predicted molar refractivity (Wildman–Crippen MR) is 113 cm³/mol. The summed E-state index contributed by atoms with van der Waals surface area (Å²) in [5.74, 6) is -0.408. The third kappa shape index (κ3) is 5.16. The van der Waals surface area contributed by atoms with Gasteiger partial charge in [-0.05, 0) is 41.9 Å². The smallest absolute Gasteiger partial charge is 0.487 e. The van der Waals surface area contributed by atoms with E-state index in [1.54, 1.807) is 0 Å². The van der Waals surface area contributed by atoms with E-state index in [0.717, 1.165) is 30.7 Å². The van der Waals surface area contributed by atoms with Crippen molar-refractivity contribution in [3.63, 3.8) is 0 Å². The Bertz CT molecular complexity index is 1520. The van der Waals surface area contributed by atoms with Crippen molar-refractivity contribution >= 4 is 21.6 Å². The van der Waals surface area contributed by atoms with Gasteiger partial charge in [-0.15, -0.1) is 13.2 Å². The molecule has 0 atom stereocenters. The number of ether oxygens (including phenoxy) is 2. The average molecular weight is 517 g/mol. The van der Waals surface area contributed by atoms with E-state index in [0.29, 0.717) is 31.0 Å². The summed E-state index contributed by atoms with van der Waals surface area (Å²) in [5.41, 5.74) is -3.38. The Morgan fingerprint density at radius 2 is 1.69 bits per heavy atom. The summed E-state index contributed by atoms with van der Waals surface area (Å²) in [6.07, 6.45) is -9.76. The normalized spacial score (nSPS) is 12.2. The summed E-state index contributed by atoms with van der Waals surface area (Å²) in [7, 11) is 0.904. The van der Waals surface area contributed by atoms with Gasteiger partial charge in [0.05, 0.1) is 16.1 Å². The van der Waals surface area contributed by atoms with Gasteiger partial charge < -0.3 is 9.47 Å². The van der Waals surface area contributed by atoms with Crippen molar-refractivity contribution in [2.45, 2.75) is 19.1 Å². The monoisotopic (exact) mass is 517 g/mol. The number of nitrogens with zero attached hydrogens (tertiary/aromatic N) is 3. The van der Waals surface area contributed by atoms with Crippen LogP contribution in [0.3, 0.4) is 0 Å². The molecule has 2 aromatic heterocycles. The highest BCUT2D eigenvalue weighted by Crippen LogP contribution is 2.30. The van der Waals surface area contributed by atoms with E-state index < -0.39 is 35.2 Å². The molecule has 0 amide bonds. The van der Waals surface area contributed by atoms with Gasteiger partial charge in [0.2, 0.25) is 0 Å². The van der Waals surface area contributed by atoms with Crippen molar-refractivity contribution in [1.82, 2.24) is 13.5 Å². The van der Waals surface area contributed by atoms with E-state index >= 15 is 0 Å². The molecular weight excluding hydrogens is 504 g/mol. The molecule has 7 nitrogen and oxygen atoms in total. The largest absolute Gasteiger partial charge is 0.573 e. The minimum atomic E-state index is -4.89. The molecule has 184 valence electrons. The van der Waals surface area contributed by atoms with Crippen LogP contribution in [0, 0.1) is 0 Å². The van der Waals surface area contributed by atoms with Crippen LogP contribution in [-0.4, -0.2) is 19.9 Å². The van der Waals surface area contributed by atoms with Gasteiger partial charge in [-0.2, -0.15) is 17.5 Å². The predicted octanol–water partition coefficient (Wildman–Crippen LogP) is 4.64. The molecule has 35 heavy (non-hydrogen) atoms. The lowest BCUT2D eigenvalue weighted by Crippen LogP contribution is -2.40. The summed E-state index contributed by atoms with van der Waals surface area (Å²) < 4.78 is 91.7. The average Bonchev–Trinajstić information content (AvgIpc) is 3.15. The van der Waals surface area contributed by atoms with Gasteiger partial charge >= 0.3 is 18.2 Å². The lowest BCUT2D eigenvalue weighted by molar-refractivity contribution is -0.274. The van der Waals surface area contributed by atoms with E-state index in [4.69, 9.17) is 4.74 Å². The molecule has 0 spiro atoms. The first-order valence-electron chi connectivity index (χ1n) is 9.61. The number of hydrogen-bond acceptors (Lipinski definition) is 6. The van der Waals surface area contributed by atoms with Crippen molar-refractivity contribution in [1.29, 1.82) is 0 Å². The highest BCUT2D eigenvalue weighted by atomic mass is 32.1. The van der Waals surface area contributed by atoms with E-state index in [9.17, 15) is 35.9 Å². The van der Waals surface area contributed by atoms with Crippen LogP contribution in [0.5, 0.6) is 11.5 Å². The van der Waals surface area contributed by atoms with Crippen LogP contribution in [-0.2, 0) is 19.8 Å². The highest BCUT2D eigenvalue weighted by molar-refractivity contribution is 7.13. The molecule has 0 radical (unpaired) electrons. The van der Waals surface area contributed by atoms with Crippen LogP contribution in [0.15, 0.2) is 58.1 Å². The van der Waals surface area contributed by atoms with Crippen molar-refractivity contribution in [2.24, 2.45) is 7.05 Å². The number of hydrogen-bond donors (Lipinski definition) is 0. The van der Waals surface area contributed by atoms with Gasteiger partial charge in [0.1, 0.15) is 23.8 Å². The number of halogens is 6. The Morgan fingerprint density at radius 3 is 2.37 bits per heavy atom. The molecular formula is C21H13F6N3O4S. The van der Waals surface area contributed by atoms with Crippen molar-refractivity contribution < 1.29 is 35.8 Å². The van der Waals surface area contributed by atoms with Crippen LogP contribution in [0.1, 0.15) is 11.4 Å². The highest BCUT2D eigenvalue weighted by Gasteiger charge is 2.35. The second-order valence-electron chi connectivity index (χ2n) is 7.16. The van der Waals surface area contributed by atoms with Crippen LogP contribution < -0.4 is 20.7 Å². The molecule has 0 aliphatic heterocycles. The third-order valence-electron chi connectivity index (χ3n) is 4.81. The fraction of sp³-hybridized carbons (Fsp3) is 0.190. The molecule has 0 unspecified atom stereocenters. The van der Waals surface area contributed by atoms with E-state index in [-0.39, 0.29) is 18.0 Å². The number of rotatable bonds is 5. The number of aromatic nitrogens is 3. The maximum Gasteiger partial charge on any atom is 0.573 e. The van der Waals surface area contributed by atoms with Crippen LogP contribution >= 0.6 is 11.5 Å². The fourth-order valence-corrected chi connectivity index (χ4v) is 4.03. The Morgan fingerprint density at radius 1 is 0.971 bits per heavy atom. The van der Waals surface area contributed by atoms with Gasteiger partial charge in [0.15, 0.2) is 0 Å². The Labute approximate surface area is 195 Å². The van der Waals surface area contributed by atoms with Gasteiger partial charge in [-0.1, -0.05) is 6.07 Å². The Balaban J connectivity index is 1.66. The first kappa shape index (κ1) is 24.3. The van der Waals surface area contributed by atoms with Gasteiger partial charge in [0, 0.05) is 24.6 Å². The SMILES string of the molecule is Cn1c(C(F)(F)F)cc(=O)n(-c2ccc3snc(COc4cccc(OC(F)(F)F)c4)c3c2)c1=O. The lowest BCUT2D eigenvalue weighted by Gasteiger charge is -2.14. The summed E-state index contributed by atoms with van der Waals surface area (Å²) >= 11 is 1.06. The Kier molecular flexibility index (Phi) is 6.09. The van der Waals surface area contributed by atoms with E-state index in [1.165, 1.54) is 30.3 Å². The Hall–Kier alpha value is -3.81. The molecule has 0 saturated heterocycles. The zero-order chi connectivity index (χ0) is 25.5. The first-order valence-corrected chi connectivity index (χ1v) is 10.4. The topological polar surface area (TPSA) is 75.3 Å². The van der Waals surface area contributed by atoms with Gasteiger partial charge in [0.25, 0.3) is 5.56 Å². The maximum atomic E-state index is 13.1.